The summed E-state index contributed by atoms with van der Waals surface area (Å²) in [5.41, 5.74) is 0.746. The fourth-order valence-corrected chi connectivity index (χ4v) is 1.81. The molecule has 0 saturated heterocycles. The van der Waals surface area contributed by atoms with Crippen LogP contribution in [0.25, 0.3) is 0 Å². The van der Waals surface area contributed by atoms with Gasteiger partial charge in [-0.25, -0.2) is 9.18 Å². The highest BCUT2D eigenvalue weighted by molar-refractivity contribution is 6.43. The number of rotatable bonds is 8. The quantitative estimate of drug-likeness (QED) is 0.547. The Kier molecular flexibility index (Phi) is 7.61. The van der Waals surface area contributed by atoms with Gasteiger partial charge in [-0.2, -0.15) is 0 Å². The van der Waals surface area contributed by atoms with Crippen molar-refractivity contribution in [2.45, 2.75) is 33.3 Å². The normalized spacial score (nSPS) is 13.0. The predicted octanol–water partition coefficient (Wildman–Crippen LogP) is 2.99. The number of esters is 1. The second-order valence-electron chi connectivity index (χ2n) is 4.40. The highest BCUT2D eigenvalue weighted by Gasteiger charge is 2.16. The molecule has 1 aromatic carbocycles. The standard InChI is InChI=1S/C16H22FNO3/c1-4-14(20-5-2)11-18-15(16(19)21-6-3)12-7-9-13(17)10-8-12/h7-10,14H,4-6,11H2,1-3H3. The molecule has 0 amide bonds. The van der Waals surface area contributed by atoms with E-state index < -0.39 is 5.97 Å². The van der Waals surface area contributed by atoms with Crippen molar-refractivity contribution in [3.8, 4) is 0 Å². The molecule has 0 aliphatic heterocycles. The van der Waals surface area contributed by atoms with Gasteiger partial charge in [0.1, 0.15) is 5.82 Å². The number of aliphatic imine (C=N–C) groups is 1. The zero-order chi connectivity index (χ0) is 15.7. The molecule has 1 unspecified atom stereocenters. The zero-order valence-corrected chi connectivity index (χ0v) is 12.8. The average Bonchev–Trinajstić information content (AvgIpc) is 2.48. The average molecular weight is 295 g/mol. The summed E-state index contributed by atoms with van der Waals surface area (Å²) in [4.78, 5) is 16.3. The Morgan fingerprint density at radius 1 is 1.19 bits per heavy atom. The van der Waals surface area contributed by atoms with Gasteiger partial charge in [-0.15, -0.1) is 0 Å². The van der Waals surface area contributed by atoms with E-state index in [1.807, 2.05) is 13.8 Å². The summed E-state index contributed by atoms with van der Waals surface area (Å²) in [5, 5.41) is 0. The van der Waals surface area contributed by atoms with Crippen LogP contribution in [-0.2, 0) is 14.3 Å². The minimum atomic E-state index is -0.504. The van der Waals surface area contributed by atoms with Crippen molar-refractivity contribution in [3.63, 3.8) is 0 Å². The van der Waals surface area contributed by atoms with E-state index in [2.05, 4.69) is 4.99 Å². The van der Waals surface area contributed by atoms with E-state index in [1.54, 1.807) is 6.92 Å². The summed E-state index contributed by atoms with van der Waals surface area (Å²) in [7, 11) is 0. The molecule has 5 heteroatoms. The Hall–Kier alpha value is -1.75. The number of halogens is 1. The SMILES string of the molecule is CCOC(=O)C(=NCC(CC)OCC)c1ccc(F)cc1. The van der Waals surface area contributed by atoms with Crippen LogP contribution in [0.3, 0.4) is 0 Å². The summed E-state index contributed by atoms with van der Waals surface area (Å²) in [6.45, 7) is 6.88. The van der Waals surface area contributed by atoms with Crippen molar-refractivity contribution in [2.24, 2.45) is 4.99 Å². The van der Waals surface area contributed by atoms with Crippen LogP contribution >= 0.6 is 0 Å². The fraction of sp³-hybridized carbons (Fsp3) is 0.500. The van der Waals surface area contributed by atoms with Gasteiger partial charge >= 0.3 is 5.97 Å². The maximum atomic E-state index is 13.0. The summed E-state index contributed by atoms with van der Waals surface area (Å²) in [6.07, 6.45) is 0.761. The molecule has 0 bridgehead atoms. The molecule has 0 saturated carbocycles. The van der Waals surface area contributed by atoms with Crippen molar-refractivity contribution >= 4 is 11.7 Å². The van der Waals surface area contributed by atoms with Crippen LogP contribution in [0.15, 0.2) is 29.3 Å². The maximum Gasteiger partial charge on any atom is 0.357 e. The number of benzene rings is 1. The molecule has 4 nitrogen and oxygen atoms in total. The molecule has 0 heterocycles. The van der Waals surface area contributed by atoms with E-state index in [9.17, 15) is 9.18 Å². The molecule has 0 aromatic heterocycles. The molecule has 0 N–H and O–H groups in total. The molecule has 21 heavy (non-hydrogen) atoms. The molecule has 0 spiro atoms. The van der Waals surface area contributed by atoms with Gasteiger partial charge in [-0.05, 0) is 44.5 Å². The van der Waals surface area contributed by atoms with Crippen LogP contribution in [-0.4, -0.2) is 37.5 Å². The highest BCUT2D eigenvalue weighted by Crippen LogP contribution is 2.08. The molecule has 1 atom stereocenters. The Morgan fingerprint density at radius 3 is 2.38 bits per heavy atom. The molecule has 0 aliphatic carbocycles. The van der Waals surface area contributed by atoms with Crippen molar-refractivity contribution in [2.75, 3.05) is 19.8 Å². The van der Waals surface area contributed by atoms with Crippen molar-refractivity contribution in [1.29, 1.82) is 0 Å². The van der Waals surface area contributed by atoms with Crippen LogP contribution in [0, 0.1) is 5.82 Å². The van der Waals surface area contributed by atoms with Gasteiger partial charge in [0.25, 0.3) is 0 Å². The second kappa shape index (κ2) is 9.23. The lowest BCUT2D eigenvalue weighted by atomic mass is 10.1. The largest absolute Gasteiger partial charge is 0.461 e. The van der Waals surface area contributed by atoms with Crippen LogP contribution in [0.2, 0.25) is 0 Å². The highest BCUT2D eigenvalue weighted by atomic mass is 19.1. The molecule has 116 valence electrons. The summed E-state index contributed by atoms with van der Waals surface area (Å²) < 4.78 is 23.5. The molecule has 0 radical (unpaired) electrons. The van der Waals surface area contributed by atoms with E-state index in [4.69, 9.17) is 9.47 Å². The fourth-order valence-electron chi connectivity index (χ4n) is 1.81. The monoisotopic (exact) mass is 295 g/mol. The summed E-state index contributed by atoms with van der Waals surface area (Å²) >= 11 is 0. The van der Waals surface area contributed by atoms with Gasteiger partial charge in [0, 0.05) is 12.2 Å². The molecular weight excluding hydrogens is 273 g/mol. The lowest BCUT2D eigenvalue weighted by Gasteiger charge is -2.13. The lowest BCUT2D eigenvalue weighted by molar-refractivity contribution is -0.134. The minimum Gasteiger partial charge on any atom is -0.461 e. The first-order valence-corrected chi connectivity index (χ1v) is 7.21. The van der Waals surface area contributed by atoms with Gasteiger partial charge in [0.05, 0.1) is 19.3 Å². The number of ether oxygens (including phenoxy) is 2. The van der Waals surface area contributed by atoms with Crippen LogP contribution in [0.1, 0.15) is 32.8 Å². The second-order valence-corrected chi connectivity index (χ2v) is 4.40. The number of carbonyl (C=O) groups is 1. The Labute approximate surface area is 125 Å². The third-order valence-electron chi connectivity index (χ3n) is 2.90. The van der Waals surface area contributed by atoms with Crippen molar-refractivity contribution < 1.29 is 18.7 Å². The van der Waals surface area contributed by atoms with E-state index in [0.29, 0.717) is 18.7 Å². The lowest BCUT2D eigenvalue weighted by Crippen LogP contribution is -2.22. The molecule has 1 rings (SSSR count). The molecular formula is C16H22FNO3. The molecule has 0 fully saturated rings. The van der Waals surface area contributed by atoms with E-state index in [0.717, 1.165) is 6.42 Å². The van der Waals surface area contributed by atoms with Gasteiger partial charge in [-0.3, -0.25) is 4.99 Å². The Morgan fingerprint density at radius 2 is 1.86 bits per heavy atom. The van der Waals surface area contributed by atoms with Crippen LogP contribution in [0.4, 0.5) is 4.39 Å². The van der Waals surface area contributed by atoms with E-state index >= 15 is 0 Å². The zero-order valence-electron chi connectivity index (χ0n) is 12.8. The van der Waals surface area contributed by atoms with Gasteiger partial charge in [-0.1, -0.05) is 6.92 Å². The van der Waals surface area contributed by atoms with Crippen LogP contribution in [0.5, 0.6) is 0 Å². The molecule has 0 aliphatic rings. The number of hydrogen-bond donors (Lipinski definition) is 0. The number of nitrogens with zero attached hydrogens (tertiary/aromatic N) is 1. The summed E-state index contributed by atoms with van der Waals surface area (Å²) in [6, 6.07) is 5.63. The number of hydrogen-bond acceptors (Lipinski definition) is 4. The topological polar surface area (TPSA) is 47.9 Å². The smallest absolute Gasteiger partial charge is 0.357 e. The first-order chi connectivity index (χ1) is 10.1. The molecule has 1 aromatic rings. The van der Waals surface area contributed by atoms with Gasteiger partial charge in [0.2, 0.25) is 0 Å². The Balaban J connectivity index is 2.96. The minimum absolute atomic E-state index is 0.0418. The summed E-state index contributed by atoms with van der Waals surface area (Å²) in [5.74, 6) is -0.863. The van der Waals surface area contributed by atoms with E-state index in [1.165, 1.54) is 24.3 Å². The van der Waals surface area contributed by atoms with Gasteiger partial charge < -0.3 is 9.47 Å². The van der Waals surface area contributed by atoms with Crippen molar-refractivity contribution in [1.82, 2.24) is 0 Å². The number of carbonyl (C=O) groups excluding carboxylic acids is 1. The Bertz CT molecular complexity index is 471. The van der Waals surface area contributed by atoms with Gasteiger partial charge in [0.15, 0.2) is 5.71 Å². The first kappa shape index (κ1) is 17.3. The first-order valence-electron chi connectivity index (χ1n) is 7.21. The third kappa shape index (κ3) is 5.63. The maximum absolute atomic E-state index is 13.0. The van der Waals surface area contributed by atoms with E-state index in [-0.39, 0.29) is 24.2 Å². The predicted molar refractivity (Wildman–Crippen MR) is 80.1 cm³/mol. The van der Waals surface area contributed by atoms with Crippen LogP contribution < -0.4 is 0 Å². The third-order valence-corrected chi connectivity index (χ3v) is 2.90. The van der Waals surface area contributed by atoms with Crippen molar-refractivity contribution in [3.05, 3.63) is 35.6 Å².